The molecular weight excluding hydrogens is 364 g/mol. The lowest BCUT2D eigenvalue weighted by atomic mass is 9.89. The molecule has 0 amide bonds. The van der Waals surface area contributed by atoms with Crippen LogP contribution in [0.5, 0.6) is 11.5 Å². The summed E-state index contributed by atoms with van der Waals surface area (Å²) in [5.41, 5.74) is 2.68. The SMILES string of the molecule is COc1ccc(C(=O)C2CCCN(Cc3ccc4ccccc4n3)C2)c(OC)c1. The van der Waals surface area contributed by atoms with Crippen molar-refractivity contribution < 1.29 is 14.3 Å². The van der Waals surface area contributed by atoms with Gasteiger partial charge in [0.2, 0.25) is 0 Å². The van der Waals surface area contributed by atoms with Crippen LogP contribution in [0.15, 0.2) is 54.6 Å². The Hall–Kier alpha value is -2.92. The van der Waals surface area contributed by atoms with Crippen molar-refractivity contribution in [1.82, 2.24) is 9.88 Å². The predicted molar refractivity (Wildman–Crippen MR) is 114 cm³/mol. The van der Waals surface area contributed by atoms with E-state index in [1.165, 1.54) is 0 Å². The standard InChI is InChI=1S/C24H26N2O3/c1-28-20-11-12-21(23(14-20)29-2)24(27)18-7-5-13-26(15-18)16-19-10-9-17-6-3-4-8-22(17)25-19/h3-4,6,8-12,14,18H,5,7,13,15-16H2,1-2H3. The van der Waals surface area contributed by atoms with E-state index in [0.29, 0.717) is 17.1 Å². The van der Waals surface area contributed by atoms with Crippen LogP contribution in [-0.2, 0) is 6.54 Å². The third-order valence-electron chi connectivity index (χ3n) is 5.59. The molecule has 4 rings (SSSR count). The number of benzene rings is 2. The van der Waals surface area contributed by atoms with Gasteiger partial charge in [-0.25, -0.2) is 0 Å². The monoisotopic (exact) mass is 390 g/mol. The Kier molecular flexibility index (Phi) is 5.76. The highest BCUT2D eigenvalue weighted by atomic mass is 16.5. The number of piperidine rings is 1. The fourth-order valence-electron chi connectivity index (χ4n) is 4.06. The number of pyridine rings is 1. The molecule has 1 aromatic heterocycles. The van der Waals surface area contributed by atoms with Gasteiger partial charge >= 0.3 is 0 Å². The number of Topliss-reactive ketones (excluding diaryl/α,β-unsaturated/α-hetero) is 1. The van der Waals surface area contributed by atoms with Crippen LogP contribution < -0.4 is 9.47 Å². The second-order valence-corrected chi connectivity index (χ2v) is 7.50. The van der Waals surface area contributed by atoms with Crippen molar-refractivity contribution in [3.63, 3.8) is 0 Å². The Morgan fingerprint density at radius 1 is 1.10 bits per heavy atom. The molecule has 1 fully saturated rings. The van der Waals surface area contributed by atoms with Crippen molar-refractivity contribution in [2.24, 2.45) is 5.92 Å². The van der Waals surface area contributed by atoms with Crippen molar-refractivity contribution >= 4 is 16.7 Å². The lowest BCUT2D eigenvalue weighted by Crippen LogP contribution is -2.38. The summed E-state index contributed by atoms with van der Waals surface area (Å²) in [4.78, 5) is 20.3. The fraction of sp³-hybridized carbons (Fsp3) is 0.333. The van der Waals surface area contributed by atoms with Gasteiger partial charge in [0, 0.05) is 30.5 Å². The van der Waals surface area contributed by atoms with E-state index in [-0.39, 0.29) is 11.7 Å². The molecular formula is C24H26N2O3. The van der Waals surface area contributed by atoms with Gasteiger partial charge in [-0.05, 0) is 43.7 Å². The number of para-hydroxylation sites is 1. The molecule has 1 aliphatic heterocycles. The smallest absolute Gasteiger partial charge is 0.170 e. The lowest BCUT2D eigenvalue weighted by molar-refractivity contribution is 0.0807. The van der Waals surface area contributed by atoms with Crippen molar-refractivity contribution in [2.75, 3.05) is 27.3 Å². The van der Waals surface area contributed by atoms with E-state index in [1.54, 1.807) is 20.3 Å². The average Bonchev–Trinajstić information content (AvgIpc) is 2.78. The lowest BCUT2D eigenvalue weighted by Gasteiger charge is -2.32. The van der Waals surface area contributed by atoms with Crippen molar-refractivity contribution in [2.45, 2.75) is 19.4 Å². The highest BCUT2D eigenvalue weighted by Crippen LogP contribution is 2.30. The number of hydrogen-bond donors (Lipinski definition) is 0. The molecule has 1 atom stereocenters. The third kappa shape index (κ3) is 4.25. The first-order valence-electron chi connectivity index (χ1n) is 10.0. The quantitative estimate of drug-likeness (QED) is 0.586. The molecule has 0 bridgehead atoms. The second-order valence-electron chi connectivity index (χ2n) is 7.50. The van der Waals surface area contributed by atoms with Gasteiger partial charge in [-0.2, -0.15) is 0 Å². The largest absolute Gasteiger partial charge is 0.497 e. The molecule has 1 unspecified atom stereocenters. The van der Waals surface area contributed by atoms with Crippen LogP contribution in [0.3, 0.4) is 0 Å². The molecule has 5 heteroatoms. The summed E-state index contributed by atoms with van der Waals surface area (Å²) in [7, 11) is 3.19. The molecule has 29 heavy (non-hydrogen) atoms. The number of methoxy groups -OCH3 is 2. The first-order valence-corrected chi connectivity index (χ1v) is 10.0. The second kappa shape index (κ2) is 8.62. The van der Waals surface area contributed by atoms with Crippen molar-refractivity contribution in [3.8, 4) is 11.5 Å². The molecule has 0 saturated carbocycles. The van der Waals surface area contributed by atoms with E-state index in [0.717, 1.165) is 49.1 Å². The molecule has 2 heterocycles. The zero-order valence-electron chi connectivity index (χ0n) is 16.9. The maximum Gasteiger partial charge on any atom is 0.170 e. The average molecular weight is 390 g/mol. The summed E-state index contributed by atoms with van der Waals surface area (Å²) in [5, 5.41) is 1.15. The minimum absolute atomic E-state index is 0.0356. The van der Waals surface area contributed by atoms with Crippen LogP contribution in [0.2, 0.25) is 0 Å². The van der Waals surface area contributed by atoms with E-state index in [9.17, 15) is 4.79 Å². The Bertz CT molecular complexity index is 1020. The number of carbonyl (C=O) groups is 1. The first-order chi connectivity index (χ1) is 14.2. The predicted octanol–water partition coefficient (Wildman–Crippen LogP) is 4.35. The molecule has 0 spiro atoms. The topological polar surface area (TPSA) is 51.7 Å². The zero-order valence-corrected chi connectivity index (χ0v) is 16.9. The van der Waals surface area contributed by atoms with Crippen LogP contribution >= 0.6 is 0 Å². The summed E-state index contributed by atoms with van der Waals surface area (Å²) in [6.45, 7) is 2.48. The van der Waals surface area contributed by atoms with Gasteiger partial charge in [0.15, 0.2) is 5.78 Å². The van der Waals surface area contributed by atoms with Crippen LogP contribution in [0.25, 0.3) is 10.9 Å². The first kappa shape index (κ1) is 19.4. The summed E-state index contributed by atoms with van der Waals surface area (Å²) in [6.07, 6.45) is 1.90. The number of likely N-dealkylation sites (tertiary alicyclic amines) is 1. The minimum Gasteiger partial charge on any atom is -0.497 e. The van der Waals surface area contributed by atoms with Crippen LogP contribution in [0, 0.1) is 5.92 Å². The summed E-state index contributed by atoms with van der Waals surface area (Å²) in [5.74, 6) is 1.36. The van der Waals surface area contributed by atoms with Gasteiger partial charge in [0.1, 0.15) is 11.5 Å². The fourth-order valence-corrected chi connectivity index (χ4v) is 4.06. The van der Waals surface area contributed by atoms with E-state index in [1.807, 2.05) is 30.3 Å². The van der Waals surface area contributed by atoms with E-state index >= 15 is 0 Å². The Balaban J connectivity index is 1.48. The zero-order chi connectivity index (χ0) is 20.2. The van der Waals surface area contributed by atoms with Crippen molar-refractivity contribution in [1.29, 1.82) is 0 Å². The molecule has 1 saturated heterocycles. The van der Waals surface area contributed by atoms with Gasteiger partial charge in [-0.1, -0.05) is 24.3 Å². The number of carbonyl (C=O) groups excluding carboxylic acids is 1. The number of aromatic nitrogens is 1. The Morgan fingerprint density at radius 3 is 2.79 bits per heavy atom. The summed E-state index contributed by atoms with van der Waals surface area (Å²) < 4.78 is 10.7. The molecule has 0 radical (unpaired) electrons. The van der Waals surface area contributed by atoms with Gasteiger partial charge in [-0.3, -0.25) is 14.7 Å². The van der Waals surface area contributed by atoms with Gasteiger partial charge in [0.25, 0.3) is 0 Å². The minimum atomic E-state index is -0.0356. The maximum absolute atomic E-state index is 13.2. The third-order valence-corrected chi connectivity index (χ3v) is 5.59. The number of ketones is 1. The molecule has 1 aliphatic rings. The molecule has 2 aromatic carbocycles. The van der Waals surface area contributed by atoms with Gasteiger partial charge < -0.3 is 9.47 Å². The Labute approximate surface area is 171 Å². The molecule has 0 N–H and O–H groups in total. The van der Waals surface area contributed by atoms with Crippen LogP contribution in [0.4, 0.5) is 0 Å². The summed E-state index contributed by atoms with van der Waals surface area (Å²) in [6, 6.07) is 17.7. The van der Waals surface area contributed by atoms with Crippen molar-refractivity contribution in [3.05, 3.63) is 65.9 Å². The Morgan fingerprint density at radius 2 is 1.97 bits per heavy atom. The van der Waals surface area contributed by atoms with Crippen LogP contribution in [-0.4, -0.2) is 43.0 Å². The van der Waals surface area contributed by atoms with E-state index in [2.05, 4.69) is 23.1 Å². The molecule has 3 aromatic rings. The molecule has 5 nitrogen and oxygen atoms in total. The normalized spacial score (nSPS) is 17.2. The molecule has 150 valence electrons. The highest BCUT2D eigenvalue weighted by molar-refractivity contribution is 6.00. The number of ether oxygens (including phenoxy) is 2. The number of nitrogens with zero attached hydrogens (tertiary/aromatic N) is 2. The van der Waals surface area contributed by atoms with E-state index < -0.39 is 0 Å². The van der Waals surface area contributed by atoms with E-state index in [4.69, 9.17) is 14.5 Å². The van der Waals surface area contributed by atoms with Gasteiger partial charge in [0.05, 0.1) is 31.0 Å². The highest BCUT2D eigenvalue weighted by Gasteiger charge is 2.28. The van der Waals surface area contributed by atoms with Crippen LogP contribution in [0.1, 0.15) is 28.9 Å². The van der Waals surface area contributed by atoms with Gasteiger partial charge in [-0.15, -0.1) is 0 Å². The molecule has 0 aliphatic carbocycles. The maximum atomic E-state index is 13.2. The number of fused-ring (bicyclic) bond motifs is 1. The summed E-state index contributed by atoms with van der Waals surface area (Å²) >= 11 is 0. The number of rotatable bonds is 6. The number of hydrogen-bond acceptors (Lipinski definition) is 5.